The first-order valence-electron chi connectivity index (χ1n) is 5.90. The summed E-state index contributed by atoms with van der Waals surface area (Å²) < 4.78 is 27.7. The van der Waals surface area contributed by atoms with E-state index in [4.69, 9.17) is 0 Å². The van der Waals surface area contributed by atoms with Crippen LogP contribution >= 0.6 is 15.9 Å². The Morgan fingerprint density at radius 2 is 2.11 bits per heavy atom. The molecular weight excluding hydrogens is 332 g/mol. The number of hydrogen-bond donors (Lipinski definition) is 2. The van der Waals surface area contributed by atoms with Crippen LogP contribution in [-0.2, 0) is 10.0 Å². The van der Waals surface area contributed by atoms with Crippen molar-refractivity contribution in [2.24, 2.45) is 0 Å². The van der Waals surface area contributed by atoms with Gasteiger partial charge in [0.2, 0.25) is 10.0 Å². The van der Waals surface area contributed by atoms with Crippen LogP contribution in [-0.4, -0.2) is 52.0 Å². The van der Waals surface area contributed by atoms with Crippen molar-refractivity contribution in [3.05, 3.63) is 16.7 Å². The van der Waals surface area contributed by atoms with E-state index in [1.54, 1.807) is 12.3 Å². The van der Waals surface area contributed by atoms with Crippen LogP contribution in [0.4, 0.5) is 5.82 Å². The number of hydrogen-bond acceptors (Lipinski definition) is 5. The van der Waals surface area contributed by atoms with Crippen molar-refractivity contribution >= 4 is 31.8 Å². The second-order valence-electron chi connectivity index (χ2n) is 4.23. The molecule has 19 heavy (non-hydrogen) atoms. The summed E-state index contributed by atoms with van der Waals surface area (Å²) in [6.45, 7) is 3.49. The van der Waals surface area contributed by atoms with Gasteiger partial charge in [-0.2, -0.15) is 0 Å². The maximum Gasteiger partial charge on any atom is 0.244 e. The molecule has 0 aliphatic rings. The van der Waals surface area contributed by atoms with Gasteiger partial charge in [0.1, 0.15) is 10.7 Å². The molecule has 6 nitrogen and oxygen atoms in total. The maximum atomic E-state index is 12.2. The zero-order valence-electron chi connectivity index (χ0n) is 11.3. The van der Waals surface area contributed by atoms with E-state index in [0.29, 0.717) is 29.9 Å². The number of pyridine rings is 1. The van der Waals surface area contributed by atoms with Crippen molar-refractivity contribution < 1.29 is 8.42 Å². The van der Waals surface area contributed by atoms with Gasteiger partial charge in [-0.25, -0.2) is 18.1 Å². The monoisotopic (exact) mass is 350 g/mol. The summed E-state index contributed by atoms with van der Waals surface area (Å²) in [6, 6.07) is 1.54. The van der Waals surface area contributed by atoms with Gasteiger partial charge in [-0.1, -0.05) is 0 Å². The van der Waals surface area contributed by atoms with Crippen molar-refractivity contribution in [3.63, 3.8) is 0 Å². The van der Waals surface area contributed by atoms with Crippen molar-refractivity contribution in [1.82, 2.24) is 14.6 Å². The average Bonchev–Trinajstić information content (AvgIpc) is 2.31. The SMILES string of the molecule is CCNc1ncc(Br)cc1S(=O)(=O)NCCN(C)C. The molecule has 0 saturated heterocycles. The van der Waals surface area contributed by atoms with Gasteiger partial charge < -0.3 is 10.2 Å². The Morgan fingerprint density at radius 3 is 2.68 bits per heavy atom. The van der Waals surface area contributed by atoms with Gasteiger partial charge in [-0.05, 0) is 43.0 Å². The fraction of sp³-hybridized carbons (Fsp3) is 0.545. The number of nitrogens with zero attached hydrogens (tertiary/aromatic N) is 2. The lowest BCUT2D eigenvalue weighted by Gasteiger charge is -2.13. The summed E-state index contributed by atoms with van der Waals surface area (Å²) in [5.74, 6) is 0.364. The maximum absolute atomic E-state index is 12.2. The van der Waals surface area contributed by atoms with Gasteiger partial charge in [0, 0.05) is 30.3 Å². The molecule has 1 aromatic heterocycles. The first-order chi connectivity index (χ1) is 8.86. The number of sulfonamides is 1. The van der Waals surface area contributed by atoms with Crippen LogP contribution < -0.4 is 10.0 Å². The van der Waals surface area contributed by atoms with Crippen molar-refractivity contribution in [2.75, 3.05) is 39.0 Å². The van der Waals surface area contributed by atoms with Crippen LogP contribution in [0, 0.1) is 0 Å². The quantitative estimate of drug-likeness (QED) is 0.770. The molecule has 2 N–H and O–H groups in total. The van der Waals surface area contributed by atoms with Gasteiger partial charge in [0.15, 0.2) is 0 Å². The summed E-state index contributed by atoms with van der Waals surface area (Å²) in [5.41, 5.74) is 0. The smallest absolute Gasteiger partial charge is 0.244 e. The molecule has 0 amide bonds. The van der Waals surface area contributed by atoms with Crippen LogP contribution in [0.2, 0.25) is 0 Å². The van der Waals surface area contributed by atoms with Crippen molar-refractivity contribution in [2.45, 2.75) is 11.8 Å². The molecule has 0 fully saturated rings. The fourth-order valence-electron chi connectivity index (χ4n) is 1.41. The summed E-state index contributed by atoms with van der Waals surface area (Å²) in [7, 11) is 0.213. The predicted octanol–water partition coefficient (Wildman–Crippen LogP) is 1.12. The van der Waals surface area contributed by atoms with Crippen LogP contribution in [0.15, 0.2) is 21.6 Å². The Morgan fingerprint density at radius 1 is 1.42 bits per heavy atom. The molecule has 1 aromatic rings. The van der Waals surface area contributed by atoms with Crippen LogP contribution in [0.25, 0.3) is 0 Å². The standard InChI is InChI=1S/C11H19BrN4O2S/c1-4-13-11-10(7-9(12)8-14-11)19(17,18)15-5-6-16(2)3/h7-8,15H,4-6H2,1-3H3,(H,13,14). The summed E-state index contributed by atoms with van der Waals surface area (Å²) in [6.07, 6.45) is 1.57. The van der Waals surface area contributed by atoms with E-state index in [0.717, 1.165) is 0 Å². The molecule has 108 valence electrons. The van der Waals surface area contributed by atoms with Crippen LogP contribution in [0.5, 0.6) is 0 Å². The third-order valence-electron chi connectivity index (χ3n) is 2.30. The van der Waals surface area contributed by atoms with Crippen LogP contribution in [0.1, 0.15) is 6.92 Å². The number of likely N-dealkylation sites (N-methyl/N-ethyl adjacent to an activating group) is 1. The minimum atomic E-state index is -3.56. The largest absolute Gasteiger partial charge is 0.369 e. The highest BCUT2D eigenvalue weighted by atomic mass is 79.9. The van der Waals surface area contributed by atoms with Crippen molar-refractivity contribution in [3.8, 4) is 0 Å². The number of nitrogens with one attached hydrogen (secondary N) is 2. The molecule has 0 saturated carbocycles. The van der Waals surface area contributed by atoms with E-state index in [-0.39, 0.29) is 4.90 Å². The molecule has 0 radical (unpaired) electrons. The van der Waals surface area contributed by atoms with E-state index in [1.165, 1.54) is 0 Å². The highest BCUT2D eigenvalue weighted by Gasteiger charge is 2.19. The third-order valence-corrected chi connectivity index (χ3v) is 4.21. The Hall–Kier alpha value is -0.700. The normalized spacial score (nSPS) is 11.8. The van der Waals surface area contributed by atoms with E-state index in [2.05, 4.69) is 31.0 Å². The molecule has 8 heteroatoms. The lowest BCUT2D eigenvalue weighted by molar-refractivity contribution is 0.412. The fourth-order valence-corrected chi connectivity index (χ4v) is 3.07. The molecule has 1 heterocycles. The summed E-state index contributed by atoms with van der Waals surface area (Å²) in [4.78, 5) is 6.15. The number of aromatic nitrogens is 1. The lowest BCUT2D eigenvalue weighted by atomic mass is 10.4. The van der Waals surface area contributed by atoms with Gasteiger partial charge in [-0.3, -0.25) is 0 Å². The molecule has 0 aliphatic heterocycles. The Bertz CT molecular complexity index is 519. The van der Waals surface area contributed by atoms with Crippen LogP contribution in [0.3, 0.4) is 0 Å². The molecule has 0 bridgehead atoms. The third kappa shape index (κ3) is 5.06. The molecule has 0 spiro atoms. The minimum absolute atomic E-state index is 0.155. The van der Waals surface area contributed by atoms with E-state index >= 15 is 0 Å². The molecule has 0 aliphatic carbocycles. The Labute approximate surface area is 122 Å². The topological polar surface area (TPSA) is 74.3 Å². The van der Waals surface area contributed by atoms with Gasteiger partial charge in [-0.15, -0.1) is 0 Å². The molecular formula is C11H19BrN4O2S. The van der Waals surface area contributed by atoms with E-state index < -0.39 is 10.0 Å². The van der Waals surface area contributed by atoms with Gasteiger partial charge in [0.25, 0.3) is 0 Å². The highest BCUT2D eigenvalue weighted by molar-refractivity contribution is 9.10. The zero-order valence-corrected chi connectivity index (χ0v) is 13.7. The first kappa shape index (κ1) is 16.4. The van der Waals surface area contributed by atoms with Gasteiger partial charge in [0.05, 0.1) is 0 Å². The minimum Gasteiger partial charge on any atom is -0.369 e. The second kappa shape index (κ2) is 7.18. The second-order valence-corrected chi connectivity index (χ2v) is 6.88. The molecule has 1 rings (SSSR count). The predicted molar refractivity (Wildman–Crippen MR) is 79.8 cm³/mol. The zero-order chi connectivity index (χ0) is 14.5. The van der Waals surface area contributed by atoms with Gasteiger partial charge >= 0.3 is 0 Å². The number of anilines is 1. The molecule has 0 aromatic carbocycles. The van der Waals surface area contributed by atoms with E-state index in [1.807, 2.05) is 25.9 Å². The average molecular weight is 351 g/mol. The Balaban J connectivity index is 2.95. The summed E-state index contributed by atoms with van der Waals surface area (Å²) in [5, 5.41) is 2.95. The number of halogens is 1. The Kier molecular flexibility index (Phi) is 6.18. The van der Waals surface area contributed by atoms with Crippen molar-refractivity contribution in [1.29, 1.82) is 0 Å². The van der Waals surface area contributed by atoms with E-state index in [9.17, 15) is 8.42 Å². The summed E-state index contributed by atoms with van der Waals surface area (Å²) >= 11 is 3.24. The molecule has 0 unspecified atom stereocenters. The lowest BCUT2D eigenvalue weighted by Crippen LogP contribution is -2.32. The number of rotatable bonds is 7. The highest BCUT2D eigenvalue weighted by Crippen LogP contribution is 2.22. The molecule has 0 atom stereocenters. The first-order valence-corrected chi connectivity index (χ1v) is 8.18.